The van der Waals surface area contributed by atoms with Crippen LogP contribution in [0.25, 0.3) is 0 Å². The molecule has 2 aromatic rings. The van der Waals surface area contributed by atoms with Crippen molar-refractivity contribution in [2.45, 2.75) is 32.1 Å². The molecule has 0 atom stereocenters. The van der Waals surface area contributed by atoms with Crippen molar-refractivity contribution in [1.29, 1.82) is 0 Å². The lowest BCUT2D eigenvalue weighted by molar-refractivity contribution is -0.120. The van der Waals surface area contributed by atoms with Crippen molar-refractivity contribution in [2.24, 2.45) is 5.92 Å². The molecule has 1 aliphatic rings. The van der Waals surface area contributed by atoms with Crippen LogP contribution < -0.4 is 24.8 Å². The number of benzene rings is 1. The van der Waals surface area contributed by atoms with E-state index >= 15 is 0 Å². The lowest BCUT2D eigenvalue weighted by Crippen LogP contribution is -2.25. The minimum atomic E-state index is 0.0272. The number of methoxy groups -OCH3 is 3. The largest absolute Gasteiger partial charge is 0.493 e. The van der Waals surface area contributed by atoms with Crippen LogP contribution in [-0.4, -0.2) is 37.4 Å². The molecule has 8 nitrogen and oxygen atoms in total. The Morgan fingerprint density at radius 3 is 2.07 bits per heavy atom. The number of ether oxygens (including phenoxy) is 3. The smallest absolute Gasteiger partial charge is 0.228 e. The van der Waals surface area contributed by atoms with Gasteiger partial charge in [-0.15, -0.1) is 10.2 Å². The summed E-state index contributed by atoms with van der Waals surface area (Å²) >= 11 is 0. The third kappa shape index (κ3) is 4.62. The standard InChI is InChI=1S/C20H26N4O4/c1-26-15-11-14(12-16(27-2)19(15)28-3)21-17-9-10-18(24-23-17)22-20(25)13-7-5-4-6-8-13/h9-13H,4-8H2,1-3H3,(H,21,23)(H,22,24,25). The lowest BCUT2D eigenvalue weighted by Gasteiger charge is -2.20. The maximum atomic E-state index is 12.3. The van der Waals surface area contributed by atoms with Crippen LogP contribution in [0.5, 0.6) is 17.2 Å². The van der Waals surface area contributed by atoms with Crippen LogP contribution in [0.2, 0.25) is 0 Å². The number of amides is 1. The van der Waals surface area contributed by atoms with Crippen LogP contribution in [-0.2, 0) is 4.79 Å². The molecule has 1 heterocycles. The first-order valence-corrected chi connectivity index (χ1v) is 9.36. The molecule has 8 heteroatoms. The molecule has 3 rings (SSSR count). The topological polar surface area (TPSA) is 94.6 Å². The van der Waals surface area contributed by atoms with E-state index in [2.05, 4.69) is 20.8 Å². The highest BCUT2D eigenvalue weighted by Gasteiger charge is 2.21. The van der Waals surface area contributed by atoms with E-state index in [4.69, 9.17) is 14.2 Å². The zero-order valence-corrected chi connectivity index (χ0v) is 16.4. The number of aromatic nitrogens is 2. The molecule has 1 fully saturated rings. The normalized spacial score (nSPS) is 14.2. The van der Waals surface area contributed by atoms with Gasteiger partial charge in [-0.2, -0.15) is 0 Å². The van der Waals surface area contributed by atoms with Crippen molar-refractivity contribution in [2.75, 3.05) is 32.0 Å². The Morgan fingerprint density at radius 1 is 0.929 bits per heavy atom. The third-order valence-corrected chi connectivity index (χ3v) is 4.83. The molecule has 0 aliphatic heterocycles. The van der Waals surface area contributed by atoms with Gasteiger partial charge in [0.1, 0.15) is 0 Å². The number of carbonyl (C=O) groups excluding carboxylic acids is 1. The number of nitrogens with one attached hydrogen (secondary N) is 2. The van der Waals surface area contributed by atoms with Crippen LogP contribution in [0.4, 0.5) is 17.3 Å². The van der Waals surface area contributed by atoms with Crippen LogP contribution in [0.3, 0.4) is 0 Å². The van der Waals surface area contributed by atoms with Crippen LogP contribution >= 0.6 is 0 Å². The molecule has 0 bridgehead atoms. The van der Waals surface area contributed by atoms with Crippen molar-refractivity contribution in [1.82, 2.24) is 10.2 Å². The van der Waals surface area contributed by atoms with Crippen LogP contribution in [0.1, 0.15) is 32.1 Å². The second-order valence-corrected chi connectivity index (χ2v) is 6.67. The van der Waals surface area contributed by atoms with Gasteiger partial charge < -0.3 is 24.8 Å². The van der Waals surface area contributed by atoms with Gasteiger partial charge in [-0.1, -0.05) is 19.3 Å². The summed E-state index contributed by atoms with van der Waals surface area (Å²) in [5.74, 6) is 2.67. The Kier molecular flexibility index (Phi) is 6.52. The number of nitrogens with zero attached hydrogens (tertiary/aromatic N) is 2. The average Bonchev–Trinajstić information content (AvgIpc) is 2.75. The fourth-order valence-corrected chi connectivity index (χ4v) is 3.36. The van der Waals surface area contributed by atoms with Crippen LogP contribution in [0, 0.1) is 5.92 Å². The molecule has 0 radical (unpaired) electrons. The summed E-state index contributed by atoms with van der Waals surface area (Å²) in [6.07, 6.45) is 5.33. The Morgan fingerprint density at radius 2 is 1.54 bits per heavy atom. The van der Waals surface area contributed by atoms with Crippen LogP contribution in [0.15, 0.2) is 24.3 Å². The van der Waals surface area contributed by atoms with E-state index in [1.807, 2.05) is 0 Å². The number of hydrogen-bond acceptors (Lipinski definition) is 7. The molecule has 28 heavy (non-hydrogen) atoms. The Hall–Kier alpha value is -3.03. The van der Waals surface area contributed by atoms with Crippen molar-refractivity contribution >= 4 is 23.2 Å². The Bertz CT molecular complexity index is 779. The molecule has 1 aromatic carbocycles. The Balaban J connectivity index is 1.68. The maximum Gasteiger partial charge on any atom is 0.228 e. The molecule has 0 unspecified atom stereocenters. The number of hydrogen-bond donors (Lipinski definition) is 2. The van der Waals surface area contributed by atoms with E-state index in [0.29, 0.717) is 34.6 Å². The monoisotopic (exact) mass is 386 g/mol. The van der Waals surface area contributed by atoms with Gasteiger partial charge in [0.05, 0.1) is 21.3 Å². The maximum absolute atomic E-state index is 12.3. The van der Waals surface area contributed by atoms with E-state index in [-0.39, 0.29) is 11.8 Å². The third-order valence-electron chi connectivity index (χ3n) is 4.83. The van der Waals surface area contributed by atoms with Gasteiger partial charge >= 0.3 is 0 Å². The highest BCUT2D eigenvalue weighted by molar-refractivity contribution is 5.91. The summed E-state index contributed by atoms with van der Waals surface area (Å²) in [5, 5.41) is 14.2. The minimum Gasteiger partial charge on any atom is -0.493 e. The van der Waals surface area contributed by atoms with Crippen molar-refractivity contribution in [3.63, 3.8) is 0 Å². The molecular weight excluding hydrogens is 360 g/mol. The van der Waals surface area contributed by atoms with E-state index in [0.717, 1.165) is 25.7 Å². The quantitative estimate of drug-likeness (QED) is 0.748. The van der Waals surface area contributed by atoms with Gasteiger partial charge in [-0.05, 0) is 25.0 Å². The Labute approximate surface area is 164 Å². The molecule has 1 amide bonds. The summed E-state index contributed by atoms with van der Waals surface area (Å²) in [6, 6.07) is 7.05. The van der Waals surface area contributed by atoms with Gasteiger partial charge in [0.15, 0.2) is 23.1 Å². The zero-order chi connectivity index (χ0) is 19.9. The second-order valence-electron chi connectivity index (χ2n) is 6.67. The fraction of sp³-hybridized carbons (Fsp3) is 0.450. The first-order valence-electron chi connectivity index (χ1n) is 9.36. The molecule has 0 spiro atoms. The zero-order valence-electron chi connectivity index (χ0n) is 16.4. The van der Waals surface area contributed by atoms with Gasteiger partial charge in [-0.3, -0.25) is 4.79 Å². The van der Waals surface area contributed by atoms with E-state index in [1.54, 1.807) is 45.6 Å². The van der Waals surface area contributed by atoms with Gasteiger partial charge in [0, 0.05) is 23.7 Å². The molecule has 0 saturated heterocycles. The number of carbonyl (C=O) groups is 1. The number of rotatable bonds is 7. The molecule has 150 valence electrons. The summed E-state index contributed by atoms with van der Waals surface area (Å²) in [4.78, 5) is 12.3. The summed E-state index contributed by atoms with van der Waals surface area (Å²) in [7, 11) is 4.68. The van der Waals surface area contributed by atoms with E-state index < -0.39 is 0 Å². The predicted octanol–water partition coefficient (Wildman–Crippen LogP) is 3.76. The molecular formula is C20H26N4O4. The van der Waals surface area contributed by atoms with Crippen molar-refractivity contribution in [3.8, 4) is 17.2 Å². The number of anilines is 3. The summed E-state index contributed by atoms with van der Waals surface area (Å²) in [5.41, 5.74) is 0.711. The molecule has 1 aromatic heterocycles. The first-order chi connectivity index (χ1) is 13.6. The summed E-state index contributed by atoms with van der Waals surface area (Å²) in [6.45, 7) is 0. The summed E-state index contributed by atoms with van der Waals surface area (Å²) < 4.78 is 16.0. The predicted molar refractivity (Wildman–Crippen MR) is 107 cm³/mol. The fourth-order valence-electron chi connectivity index (χ4n) is 3.36. The van der Waals surface area contributed by atoms with Gasteiger partial charge in [0.25, 0.3) is 0 Å². The molecule has 1 saturated carbocycles. The van der Waals surface area contributed by atoms with E-state index in [9.17, 15) is 4.79 Å². The van der Waals surface area contributed by atoms with Crippen molar-refractivity contribution in [3.05, 3.63) is 24.3 Å². The highest BCUT2D eigenvalue weighted by Crippen LogP contribution is 2.40. The van der Waals surface area contributed by atoms with Crippen molar-refractivity contribution < 1.29 is 19.0 Å². The average molecular weight is 386 g/mol. The highest BCUT2D eigenvalue weighted by atomic mass is 16.5. The van der Waals surface area contributed by atoms with E-state index in [1.165, 1.54) is 6.42 Å². The molecule has 2 N–H and O–H groups in total. The van der Waals surface area contributed by atoms with Gasteiger partial charge in [0.2, 0.25) is 11.7 Å². The SMILES string of the molecule is COc1cc(Nc2ccc(NC(=O)C3CCCCC3)nn2)cc(OC)c1OC. The first kappa shape index (κ1) is 19.7. The minimum absolute atomic E-state index is 0.0272. The van der Waals surface area contributed by atoms with Gasteiger partial charge in [-0.25, -0.2) is 0 Å². The lowest BCUT2D eigenvalue weighted by atomic mass is 9.89. The molecule has 1 aliphatic carbocycles. The second kappa shape index (κ2) is 9.25.